The largest absolute Gasteiger partial charge is 0.366 e. The van der Waals surface area contributed by atoms with Gasteiger partial charge in [-0.25, -0.2) is 0 Å². The van der Waals surface area contributed by atoms with Crippen LogP contribution in [0.25, 0.3) is 0 Å². The van der Waals surface area contributed by atoms with Gasteiger partial charge in [0.1, 0.15) is 0 Å². The van der Waals surface area contributed by atoms with Crippen molar-refractivity contribution in [2.75, 3.05) is 0 Å². The maximum Gasteiger partial charge on any atom is 0.248 e. The van der Waals surface area contributed by atoms with E-state index in [1.54, 1.807) is 0 Å². The van der Waals surface area contributed by atoms with E-state index < -0.39 is 11.8 Å². The monoisotopic (exact) mass is 270 g/mol. The van der Waals surface area contributed by atoms with E-state index in [0.29, 0.717) is 11.1 Å². The fourth-order valence-corrected chi connectivity index (χ4v) is 1.44. The Bertz CT molecular complexity index is 533. The number of carbonyl (C=O) groups excluding carboxylic acids is 2. The molecule has 0 spiro atoms. The topological polar surface area (TPSA) is 86.2 Å². The quantitative estimate of drug-likeness (QED) is 0.876. The average molecular weight is 270 g/mol. The molecular weight excluding hydrogens is 252 g/mol. The minimum atomic E-state index is -0.522. The van der Waals surface area contributed by atoms with Crippen molar-refractivity contribution in [2.24, 2.45) is 11.5 Å². The van der Waals surface area contributed by atoms with Gasteiger partial charge >= 0.3 is 0 Å². The zero-order valence-corrected chi connectivity index (χ0v) is 11.6. The SMILES string of the molecule is Cc1ccc(C)cc1.NC(=O)c1ccc(C(N)=O)cc1. The smallest absolute Gasteiger partial charge is 0.248 e. The molecule has 4 N–H and O–H groups in total. The highest BCUT2D eigenvalue weighted by Crippen LogP contribution is 2.02. The molecule has 2 aromatic rings. The van der Waals surface area contributed by atoms with Crippen molar-refractivity contribution in [2.45, 2.75) is 13.8 Å². The van der Waals surface area contributed by atoms with Gasteiger partial charge < -0.3 is 11.5 Å². The van der Waals surface area contributed by atoms with Gasteiger partial charge in [-0.1, -0.05) is 35.4 Å². The predicted molar refractivity (Wildman–Crippen MR) is 79.4 cm³/mol. The van der Waals surface area contributed by atoms with Gasteiger partial charge in [-0.3, -0.25) is 9.59 Å². The van der Waals surface area contributed by atoms with Crippen molar-refractivity contribution >= 4 is 11.8 Å². The second-order valence-electron chi connectivity index (χ2n) is 4.46. The fourth-order valence-electron chi connectivity index (χ4n) is 1.44. The first-order valence-corrected chi connectivity index (χ1v) is 6.13. The highest BCUT2D eigenvalue weighted by molar-refractivity contribution is 5.96. The number of amides is 2. The zero-order valence-electron chi connectivity index (χ0n) is 11.6. The van der Waals surface area contributed by atoms with Crippen LogP contribution in [-0.4, -0.2) is 11.8 Å². The van der Waals surface area contributed by atoms with E-state index >= 15 is 0 Å². The Morgan fingerprint density at radius 1 is 0.650 bits per heavy atom. The lowest BCUT2D eigenvalue weighted by atomic mass is 10.1. The van der Waals surface area contributed by atoms with Crippen LogP contribution in [0, 0.1) is 13.8 Å². The second kappa shape index (κ2) is 7.09. The summed E-state index contributed by atoms with van der Waals surface area (Å²) in [6, 6.07) is 14.3. The van der Waals surface area contributed by atoms with E-state index in [-0.39, 0.29) is 0 Å². The van der Waals surface area contributed by atoms with Gasteiger partial charge in [0, 0.05) is 11.1 Å². The second-order valence-corrected chi connectivity index (χ2v) is 4.46. The Morgan fingerprint density at radius 2 is 0.900 bits per heavy atom. The molecule has 0 aliphatic heterocycles. The van der Waals surface area contributed by atoms with Crippen molar-refractivity contribution in [1.29, 1.82) is 0 Å². The number of hydrogen-bond acceptors (Lipinski definition) is 2. The molecule has 0 aliphatic carbocycles. The first kappa shape index (κ1) is 15.4. The van der Waals surface area contributed by atoms with Crippen LogP contribution >= 0.6 is 0 Å². The van der Waals surface area contributed by atoms with Crippen molar-refractivity contribution in [3.8, 4) is 0 Å². The summed E-state index contributed by atoms with van der Waals surface area (Å²) >= 11 is 0. The average Bonchev–Trinajstić information content (AvgIpc) is 2.43. The lowest BCUT2D eigenvalue weighted by Gasteiger charge is -1.96. The Kier molecular flexibility index (Phi) is 5.47. The molecule has 2 amide bonds. The number of hydrogen-bond donors (Lipinski definition) is 2. The number of carbonyl (C=O) groups is 2. The summed E-state index contributed by atoms with van der Waals surface area (Å²) in [6.07, 6.45) is 0. The molecule has 0 fully saturated rings. The Hall–Kier alpha value is -2.62. The third kappa shape index (κ3) is 4.94. The molecule has 104 valence electrons. The summed E-state index contributed by atoms with van der Waals surface area (Å²) in [4.78, 5) is 21.2. The predicted octanol–water partition coefficient (Wildman–Crippen LogP) is 2.19. The van der Waals surface area contributed by atoms with Gasteiger partial charge in [-0.15, -0.1) is 0 Å². The number of aryl methyl sites for hydroxylation is 2. The van der Waals surface area contributed by atoms with Gasteiger partial charge in [-0.05, 0) is 38.1 Å². The Labute approximate surface area is 118 Å². The third-order valence-electron chi connectivity index (χ3n) is 2.67. The van der Waals surface area contributed by atoms with Crippen molar-refractivity contribution in [3.63, 3.8) is 0 Å². The van der Waals surface area contributed by atoms with E-state index in [1.807, 2.05) is 0 Å². The Balaban J connectivity index is 0.000000217. The first-order valence-electron chi connectivity index (χ1n) is 6.13. The third-order valence-corrected chi connectivity index (χ3v) is 2.67. The summed E-state index contributed by atoms with van der Waals surface area (Å²) < 4.78 is 0. The summed E-state index contributed by atoms with van der Waals surface area (Å²) in [7, 11) is 0. The molecule has 0 aromatic heterocycles. The van der Waals surface area contributed by atoms with E-state index in [9.17, 15) is 9.59 Å². The van der Waals surface area contributed by atoms with Crippen LogP contribution in [-0.2, 0) is 0 Å². The van der Waals surface area contributed by atoms with Gasteiger partial charge in [0.25, 0.3) is 0 Å². The summed E-state index contributed by atoms with van der Waals surface area (Å²) in [6.45, 7) is 4.19. The van der Waals surface area contributed by atoms with E-state index in [1.165, 1.54) is 35.4 Å². The molecule has 0 saturated heterocycles. The summed E-state index contributed by atoms with van der Waals surface area (Å²) in [5, 5.41) is 0. The van der Waals surface area contributed by atoms with Crippen LogP contribution in [0.3, 0.4) is 0 Å². The van der Waals surface area contributed by atoms with Crippen molar-refractivity contribution in [1.82, 2.24) is 0 Å². The lowest BCUT2D eigenvalue weighted by molar-refractivity contribution is 0.0988. The van der Waals surface area contributed by atoms with Gasteiger partial charge in [0.2, 0.25) is 11.8 Å². The van der Waals surface area contributed by atoms with Crippen LogP contribution in [0.5, 0.6) is 0 Å². The molecule has 4 heteroatoms. The lowest BCUT2D eigenvalue weighted by Crippen LogP contribution is -2.13. The molecule has 0 radical (unpaired) electrons. The van der Waals surface area contributed by atoms with E-state index in [4.69, 9.17) is 11.5 Å². The first-order chi connectivity index (χ1) is 9.40. The Morgan fingerprint density at radius 3 is 1.10 bits per heavy atom. The van der Waals surface area contributed by atoms with Crippen LogP contribution in [0.4, 0.5) is 0 Å². The molecule has 0 aliphatic rings. The number of benzene rings is 2. The minimum Gasteiger partial charge on any atom is -0.366 e. The molecular formula is C16H18N2O2. The number of primary amides is 2. The van der Waals surface area contributed by atoms with Crippen LogP contribution in [0.1, 0.15) is 31.8 Å². The molecule has 20 heavy (non-hydrogen) atoms. The van der Waals surface area contributed by atoms with Gasteiger partial charge in [0.05, 0.1) is 0 Å². The minimum absolute atomic E-state index is 0.361. The zero-order chi connectivity index (χ0) is 15.1. The molecule has 0 heterocycles. The highest BCUT2D eigenvalue weighted by atomic mass is 16.1. The maximum atomic E-state index is 10.6. The number of rotatable bonds is 2. The molecule has 0 bridgehead atoms. The maximum absolute atomic E-state index is 10.6. The van der Waals surface area contributed by atoms with Gasteiger partial charge in [0.15, 0.2) is 0 Å². The van der Waals surface area contributed by atoms with Crippen molar-refractivity contribution < 1.29 is 9.59 Å². The van der Waals surface area contributed by atoms with Crippen LogP contribution < -0.4 is 11.5 Å². The summed E-state index contributed by atoms with van der Waals surface area (Å²) in [5.41, 5.74) is 13.4. The normalized spacial score (nSPS) is 9.30. The van der Waals surface area contributed by atoms with Gasteiger partial charge in [-0.2, -0.15) is 0 Å². The van der Waals surface area contributed by atoms with E-state index in [0.717, 1.165) is 0 Å². The van der Waals surface area contributed by atoms with Crippen LogP contribution in [0.2, 0.25) is 0 Å². The molecule has 2 aromatic carbocycles. The van der Waals surface area contributed by atoms with Crippen molar-refractivity contribution in [3.05, 3.63) is 70.8 Å². The molecule has 0 saturated carbocycles. The summed E-state index contributed by atoms with van der Waals surface area (Å²) in [5.74, 6) is -1.04. The number of nitrogens with two attached hydrogens (primary N) is 2. The highest BCUT2D eigenvalue weighted by Gasteiger charge is 2.02. The molecule has 4 nitrogen and oxygen atoms in total. The molecule has 2 rings (SSSR count). The molecule has 0 atom stereocenters. The van der Waals surface area contributed by atoms with E-state index in [2.05, 4.69) is 38.1 Å². The molecule has 0 unspecified atom stereocenters. The van der Waals surface area contributed by atoms with Crippen LogP contribution in [0.15, 0.2) is 48.5 Å². The standard InChI is InChI=1S/C8H8N2O2.C8H10/c9-7(11)5-1-2-6(4-3-5)8(10)12;1-7-3-5-8(2)6-4-7/h1-4H,(H2,9,11)(H2,10,12);3-6H,1-2H3. The fraction of sp³-hybridized carbons (Fsp3) is 0.125.